The summed E-state index contributed by atoms with van der Waals surface area (Å²) >= 11 is 0. The average molecular weight is 438 g/mol. The number of halogens is 1. The van der Waals surface area contributed by atoms with Crippen molar-refractivity contribution in [1.29, 1.82) is 0 Å². The highest BCUT2D eigenvalue weighted by atomic mass is 19.1. The van der Waals surface area contributed by atoms with Crippen molar-refractivity contribution in [2.24, 2.45) is 0 Å². The molecule has 1 saturated heterocycles. The van der Waals surface area contributed by atoms with E-state index >= 15 is 0 Å². The highest BCUT2D eigenvalue weighted by Gasteiger charge is 2.45. The Balaban J connectivity index is 2.08. The molecule has 6 nitrogen and oxygen atoms in total. The molecule has 1 heterocycles. The molecule has 1 aliphatic rings. The smallest absolute Gasteiger partial charge is 0.295 e. The molecule has 2 aromatic carbocycles. The number of aliphatic hydroxyl groups is 1. The van der Waals surface area contributed by atoms with Crippen LogP contribution in [0.25, 0.3) is 5.76 Å². The maximum absolute atomic E-state index is 13.4. The van der Waals surface area contributed by atoms with Crippen LogP contribution in [0.1, 0.15) is 23.6 Å². The number of hydrogen-bond acceptors (Lipinski definition) is 5. The van der Waals surface area contributed by atoms with Crippen molar-refractivity contribution in [2.75, 3.05) is 33.8 Å². The zero-order valence-electron chi connectivity index (χ0n) is 18.3. The second kappa shape index (κ2) is 10.2. The van der Waals surface area contributed by atoms with Gasteiger partial charge in [0.2, 0.25) is 0 Å². The summed E-state index contributed by atoms with van der Waals surface area (Å²) in [5, 5.41) is 11.0. The molecule has 1 atom stereocenters. The van der Waals surface area contributed by atoms with Gasteiger partial charge in [-0.3, -0.25) is 9.59 Å². The number of ether oxygens (including phenoxy) is 1. The Labute approximate surface area is 187 Å². The van der Waals surface area contributed by atoms with Gasteiger partial charge in [0.1, 0.15) is 23.9 Å². The van der Waals surface area contributed by atoms with E-state index in [9.17, 15) is 19.1 Å². The molecule has 7 heteroatoms. The standard InChI is InChI=1S/C25H27FN2O4/c1-4-15-32-20-8-5-7-18(16-20)22-21(23(29)17-9-11-19(26)12-10-17)24(30)25(31)28(22)14-6-13-27(2)3/h4-5,7-12,16,22,29H,1,6,13-15H2,2-3H3/b23-21-. The molecule has 1 amide bonds. The summed E-state index contributed by atoms with van der Waals surface area (Å²) in [6.07, 6.45) is 2.27. The second-order valence-electron chi connectivity index (χ2n) is 7.83. The van der Waals surface area contributed by atoms with Crippen LogP contribution in [0.5, 0.6) is 5.75 Å². The van der Waals surface area contributed by atoms with Crippen molar-refractivity contribution >= 4 is 17.4 Å². The molecule has 0 aliphatic carbocycles. The third-order valence-electron chi connectivity index (χ3n) is 5.20. The van der Waals surface area contributed by atoms with Crippen LogP contribution in [0.2, 0.25) is 0 Å². The second-order valence-corrected chi connectivity index (χ2v) is 7.83. The van der Waals surface area contributed by atoms with Crippen LogP contribution in [0.3, 0.4) is 0 Å². The fraction of sp³-hybridized carbons (Fsp3) is 0.280. The predicted octanol–water partition coefficient (Wildman–Crippen LogP) is 3.76. The number of hydrogen-bond donors (Lipinski definition) is 1. The zero-order valence-corrected chi connectivity index (χ0v) is 18.3. The number of amides is 1. The lowest BCUT2D eigenvalue weighted by Crippen LogP contribution is -2.32. The van der Waals surface area contributed by atoms with Gasteiger partial charge >= 0.3 is 0 Å². The summed E-state index contributed by atoms with van der Waals surface area (Å²) in [5.41, 5.74) is 0.883. The van der Waals surface area contributed by atoms with E-state index in [2.05, 4.69) is 6.58 Å². The maximum atomic E-state index is 13.4. The SMILES string of the molecule is C=CCOc1cccc(C2/C(=C(/O)c3ccc(F)cc3)C(=O)C(=O)N2CCCN(C)C)c1. The number of rotatable bonds is 9. The molecule has 3 rings (SSSR count). The molecule has 32 heavy (non-hydrogen) atoms. The van der Waals surface area contributed by atoms with Gasteiger partial charge in [-0.1, -0.05) is 24.8 Å². The minimum absolute atomic E-state index is 0.0210. The Bertz CT molecular complexity index is 1030. The first-order valence-corrected chi connectivity index (χ1v) is 10.4. The molecular weight excluding hydrogens is 411 g/mol. The summed E-state index contributed by atoms with van der Waals surface area (Å²) in [4.78, 5) is 29.4. The van der Waals surface area contributed by atoms with Gasteiger partial charge < -0.3 is 19.6 Å². The van der Waals surface area contributed by atoms with Crippen LogP contribution in [0.4, 0.5) is 4.39 Å². The fourth-order valence-corrected chi connectivity index (χ4v) is 3.71. The lowest BCUT2D eigenvalue weighted by atomic mass is 9.95. The number of aliphatic hydroxyl groups excluding tert-OH is 1. The molecule has 0 radical (unpaired) electrons. The van der Waals surface area contributed by atoms with Crippen LogP contribution < -0.4 is 4.74 Å². The quantitative estimate of drug-likeness (QED) is 0.279. The van der Waals surface area contributed by atoms with Gasteiger partial charge in [-0.2, -0.15) is 0 Å². The summed E-state index contributed by atoms with van der Waals surface area (Å²) in [7, 11) is 3.86. The number of likely N-dealkylation sites (tertiary alicyclic amines) is 1. The number of carbonyl (C=O) groups excluding carboxylic acids is 2. The number of Topliss-reactive ketones (excluding diaryl/α,β-unsaturated/α-hetero) is 1. The molecule has 0 bridgehead atoms. The van der Waals surface area contributed by atoms with Crippen LogP contribution in [-0.4, -0.2) is 60.4 Å². The molecule has 2 aromatic rings. The van der Waals surface area contributed by atoms with E-state index in [0.29, 0.717) is 30.9 Å². The monoisotopic (exact) mass is 438 g/mol. The lowest BCUT2D eigenvalue weighted by molar-refractivity contribution is -0.139. The molecule has 0 saturated carbocycles. The third kappa shape index (κ3) is 5.06. The van der Waals surface area contributed by atoms with E-state index in [4.69, 9.17) is 4.74 Å². The van der Waals surface area contributed by atoms with Gasteiger partial charge in [-0.15, -0.1) is 0 Å². The minimum Gasteiger partial charge on any atom is -0.507 e. The van der Waals surface area contributed by atoms with Crippen molar-refractivity contribution in [3.63, 3.8) is 0 Å². The van der Waals surface area contributed by atoms with Crippen LogP contribution >= 0.6 is 0 Å². The molecule has 1 N–H and O–H groups in total. The van der Waals surface area contributed by atoms with Crippen molar-refractivity contribution in [1.82, 2.24) is 9.80 Å². The normalized spacial score (nSPS) is 17.8. The largest absolute Gasteiger partial charge is 0.507 e. The molecular formula is C25H27FN2O4. The van der Waals surface area contributed by atoms with E-state index in [1.54, 1.807) is 30.3 Å². The first kappa shape index (κ1) is 23.2. The Kier molecular flexibility index (Phi) is 7.43. The van der Waals surface area contributed by atoms with Gasteiger partial charge in [0, 0.05) is 12.1 Å². The van der Waals surface area contributed by atoms with Crippen LogP contribution in [0, 0.1) is 5.82 Å². The number of benzene rings is 2. The van der Waals surface area contributed by atoms with E-state index in [1.165, 1.54) is 29.2 Å². The van der Waals surface area contributed by atoms with Gasteiger partial charge in [-0.05, 0) is 69.0 Å². The first-order chi connectivity index (χ1) is 15.3. The highest BCUT2D eigenvalue weighted by Crippen LogP contribution is 2.40. The van der Waals surface area contributed by atoms with E-state index in [1.807, 2.05) is 19.0 Å². The molecule has 1 aliphatic heterocycles. The average Bonchev–Trinajstić information content (AvgIpc) is 3.02. The Morgan fingerprint density at radius 1 is 1.22 bits per heavy atom. The number of ketones is 1. The molecule has 1 fully saturated rings. The summed E-state index contributed by atoms with van der Waals surface area (Å²) < 4.78 is 19.0. The molecule has 168 valence electrons. The lowest BCUT2D eigenvalue weighted by Gasteiger charge is -2.26. The summed E-state index contributed by atoms with van der Waals surface area (Å²) in [6, 6.07) is 11.4. The van der Waals surface area contributed by atoms with Crippen LogP contribution in [0.15, 0.2) is 66.8 Å². The van der Waals surface area contributed by atoms with Crippen molar-refractivity contribution < 1.29 is 23.8 Å². The van der Waals surface area contributed by atoms with Gasteiger partial charge in [0.15, 0.2) is 0 Å². The zero-order chi connectivity index (χ0) is 23.3. The third-order valence-corrected chi connectivity index (χ3v) is 5.20. The maximum Gasteiger partial charge on any atom is 0.295 e. The Morgan fingerprint density at radius 3 is 2.59 bits per heavy atom. The van der Waals surface area contributed by atoms with Gasteiger partial charge in [0.25, 0.3) is 11.7 Å². The predicted molar refractivity (Wildman–Crippen MR) is 121 cm³/mol. The van der Waals surface area contributed by atoms with Crippen molar-refractivity contribution in [3.05, 3.63) is 83.7 Å². The van der Waals surface area contributed by atoms with E-state index in [0.717, 1.165) is 6.54 Å². The van der Waals surface area contributed by atoms with Gasteiger partial charge in [0.05, 0.1) is 11.6 Å². The number of nitrogens with zero attached hydrogens (tertiary/aromatic N) is 2. The van der Waals surface area contributed by atoms with Gasteiger partial charge in [-0.25, -0.2) is 4.39 Å². The minimum atomic E-state index is -0.783. The highest BCUT2D eigenvalue weighted by molar-refractivity contribution is 6.46. The molecule has 1 unspecified atom stereocenters. The topological polar surface area (TPSA) is 70.1 Å². The van der Waals surface area contributed by atoms with E-state index in [-0.39, 0.29) is 16.9 Å². The Hall–Kier alpha value is -3.45. The van der Waals surface area contributed by atoms with Crippen molar-refractivity contribution in [3.8, 4) is 5.75 Å². The summed E-state index contributed by atoms with van der Waals surface area (Å²) in [6.45, 7) is 5.02. The molecule has 0 spiro atoms. The Morgan fingerprint density at radius 2 is 1.94 bits per heavy atom. The van der Waals surface area contributed by atoms with Crippen LogP contribution in [-0.2, 0) is 9.59 Å². The fourth-order valence-electron chi connectivity index (χ4n) is 3.71. The van der Waals surface area contributed by atoms with Crippen molar-refractivity contribution in [2.45, 2.75) is 12.5 Å². The molecule has 0 aromatic heterocycles. The first-order valence-electron chi connectivity index (χ1n) is 10.4. The summed E-state index contributed by atoms with van der Waals surface area (Å²) in [5.74, 6) is -1.67. The number of carbonyl (C=O) groups is 2. The van der Waals surface area contributed by atoms with E-state index < -0.39 is 23.5 Å².